The molecule has 0 aliphatic carbocycles. The standard InChI is InChI=1S/C24H36N6O.C2H6/c1-6-16(3)18(5)30-22-15-29(14-21(22)17(4)28-24(30)25)23(31)11-19(7-2)12-27-20-9-8-10-26-13-20;1-2/h8-10,13,16,18-19,25,27H,6-7,11-12,14-15H2,1-5H3;1-2H3. The van der Waals surface area contributed by atoms with Crippen molar-refractivity contribution in [1.82, 2.24) is 19.4 Å². The lowest BCUT2D eigenvalue weighted by molar-refractivity contribution is -0.132. The Bertz CT molecular complexity index is 955. The van der Waals surface area contributed by atoms with Crippen molar-refractivity contribution in [3.05, 3.63) is 47.1 Å². The number of carbonyl (C=O) groups is 1. The maximum absolute atomic E-state index is 13.2. The molecule has 182 valence electrons. The maximum atomic E-state index is 13.2. The molecule has 0 spiro atoms. The minimum absolute atomic E-state index is 0.171. The number of fused-ring (bicyclic) bond motifs is 1. The van der Waals surface area contributed by atoms with Crippen molar-refractivity contribution in [3.8, 4) is 0 Å². The van der Waals surface area contributed by atoms with Crippen LogP contribution in [0.25, 0.3) is 0 Å². The number of hydrogen-bond donors (Lipinski definition) is 2. The average molecular weight is 455 g/mol. The number of nitrogens with one attached hydrogen (secondary N) is 2. The second-order valence-electron chi connectivity index (χ2n) is 8.79. The first kappa shape index (κ1) is 26.6. The minimum atomic E-state index is 0.171. The molecule has 0 saturated carbocycles. The molecule has 2 N–H and O–H groups in total. The van der Waals surface area contributed by atoms with Crippen molar-refractivity contribution in [2.45, 2.75) is 86.9 Å². The first-order valence-corrected chi connectivity index (χ1v) is 12.4. The number of rotatable bonds is 9. The molecule has 3 atom stereocenters. The molecule has 0 fully saturated rings. The fourth-order valence-corrected chi connectivity index (χ4v) is 4.24. The topological polar surface area (TPSA) is 86.9 Å². The molecular formula is C26H42N6O. The lowest BCUT2D eigenvalue weighted by Gasteiger charge is -2.25. The zero-order valence-electron chi connectivity index (χ0n) is 21.5. The van der Waals surface area contributed by atoms with Gasteiger partial charge in [0.15, 0.2) is 0 Å². The summed E-state index contributed by atoms with van der Waals surface area (Å²) >= 11 is 0. The van der Waals surface area contributed by atoms with E-state index in [4.69, 9.17) is 5.41 Å². The zero-order valence-corrected chi connectivity index (χ0v) is 21.5. The van der Waals surface area contributed by atoms with Crippen LogP contribution in [0.5, 0.6) is 0 Å². The summed E-state index contributed by atoms with van der Waals surface area (Å²) in [5, 5.41) is 11.9. The summed E-state index contributed by atoms with van der Waals surface area (Å²) in [6.07, 6.45) is 6.05. The summed E-state index contributed by atoms with van der Waals surface area (Å²) in [7, 11) is 0. The number of hydrogen-bond acceptors (Lipinski definition) is 5. The van der Waals surface area contributed by atoms with Crippen LogP contribution in [-0.2, 0) is 17.9 Å². The highest BCUT2D eigenvalue weighted by Gasteiger charge is 2.31. The summed E-state index contributed by atoms with van der Waals surface area (Å²) in [6, 6.07) is 4.08. The van der Waals surface area contributed by atoms with Crippen LogP contribution in [0.3, 0.4) is 0 Å². The molecular weight excluding hydrogens is 412 g/mol. The molecule has 2 aromatic rings. The molecule has 0 saturated heterocycles. The SMILES string of the molecule is CC.CCC(CNc1cccnc1)CC(=O)N1Cc2c(C)nc(=N)n(C(C)C(C)CC)c2C1. The number of carbonyl (C=O) groups excluding carboxylic acids is 1. The number of pyridine rings is 1. The Morgan fingerprint density at radius 2 is 1.94 bits per heavy atom. The van der Waals surface area contributed by atoms with Gasteiger partial charge in [-0.05, 0) is 37.8 Å². The van der Waals surface area contributed by atoms with E-state index < -0.39 is 0 Å². The van der Waals surface area contributed by atoms with Gasteiger partial charge in [-0.3, -0.25) is 15.2 Å². The molecule has 0 aromatic carbocycles. The van der Waals surface area contributed by atoms with E-state index in [1.54, 1.807) is 12.4 Å². The smallest absolute Gasteiger partial charge is 0.223 e. The van der Waals surface area contributed by atoms with Gasteiger partial charge < -0.3 is 14.8 Å². The van der Waals surface area contributed by atoms with E-state index in [9.17, 15) is 4.79 Å². The van der Waals surface area contributed by atoms with E-state index in [1.807, 2.05) is 42.4 Å². The Morgan fingerprint density at radius 1 is 1.21 bits per heavy atom. The van der Waals surface area contributed by atoms with E-state index in [-0.39, 0.29) is 17.9 Å². The highest BCUT2D eigenvalue weighted by Crippen LogP contribution is 2.29. The first-order chi connectivity index (χ1) is 15.8. The molecule has 33 heavy (non-hydrogen) atoms. The average Bonchev–Trinajstić information content (AvgIpc) is 3.28. The van der Waals surface area contributed by atoms with Crippen LogP contribution in [0.2, 0.25) is 0 Å². The van der Waals surface area contributed by atoms with Gasteiger partial charge in [0.1, 0.15) is 0 Å². The van der Waals surface area contributed by atoms with Crippen LogP contribution in [-0.4, -0.2) is 31.9 Å². The molecule has 1 aliphatic rings. The Kier molecular flexibility index (Phi) is 10.1. The van der Waals surface area contributed by atoms with Crippen molar-refractivity contribution >= 4 is 11.6 Å². The lowest BCUT2D eigenvalue weighted by atomic mass is 10.00. The van der Waals surface area contributed by atoms with Gasteiger partial charge in [-0.1, -0.05) is 47.5 Å². The third kappa shape index (κ3) is 6.42. The Balaban J connectivity index is 0.00000187. The van der Waals surface area contributed by atoms with Crippen LogP contribution >= 0.6 is 0 Å². The largest absolute Gasteiger partial charge is 0.384 e. The van der Waals surface area contributed by atoms with Gasteiger partial charge in [0.05, 0.1) is 12.2 Å². The fourth-order valence-electron chi connectivity index (χ4n) is 4.24. The maximum Gasteiger partial charge on any atom is 0.223 e. The van der Waals surface area contributed by atoms with Crippen molar-refractivity contribution in [2.75, 3.05) is 11.9 Å². The van der Waals surface area contributed by atoms with Gasteiger partial charge >= 0.3 is 0 Å². The molecule has 7 nitrogen and oxygen atoms in total. The number of aryl methyl sites for hydroxylation is 1. The second kappa shape index (κ2) is 12.5. The van der Waals surface area contributed by atoms with Crippen molar-refractivity contribution in [3.63, 3.8) is 0 Å². The van der Waals surface area contributed by atoms with E-state index in [0.29, 0.717) is 31.0 Å². The number of nitrogens with zero attached hydrogens (tertiary/aromatic N) is 4. The van der Waals surface area contributed by atoms with E-state index >= 15 is 0 Å². The molecule has 7 heteroatoms. The van der Waals surface area contributed by atoms with Crippen LogP contribution in [0.15, 0.2) is 24.5 Å². The molecule has 0 bridgehead atoms. The number of aromatic nitrogens is 3. The van der Waals surface area contributed by atoms with E-state index in [0.717, 1.165) is 42.0 Å². The van der Waals surface area contributed by atoms with Gasteiger partial charge in [-0.15, -0.1) is 0 Å². The van der Waals surface area contributed by atoms with Crippen LogP contribution < -0.4 is 10.9 Å². The quantitative estimate of drug-likeness (QED) is 0.554. The Hall–Kier alpha value is -2.70. The van der Waals surface area contributed by atoms with Gasteiger partial charge in [-0.25, -0.2) is 4.98 Å². The normalized spacial score (nSPS) is 15.2. The van der Waals surface area contributed by atoms with Crippen molar-refractivity contribution in [1.29, 1.82) is 5.41 Å². The first-order valence-electron chi connectivity index (χ1n) is 12.4. The van der Waals surface area contributed by atoms with Gasteiger partial charge in [0.25, 0.3) is 0 Å². The Morgan fingerprint density at radius 3 is 2.55 bits per heavy atom. The third-order valence-electron chi connectivity index (χ3n) is 6.79. The van der Waals surface area contributed by atoms with Crippen molar-refractivity contribution < 1.29 is 4.79 Å². The van der Waals surface area contributed by atoms with Crippen LogP contribution in [0, 0.1) is 24.2 Å². The lowest BCUT2D eigenvalue weighted by Crippen LogP contribution is -2.33. The predicted octanol–water partition coefficient (Wildman–Crippen LogP) is 5.07. The molecule has 3 unspecified atom stereocenters. The molecule has 1 aliphatic heterocycles. The zero-order chi connectivity index (χ0) is 24.5. The van der Waals surface area contributed by atoms with Crippen LogP contribution in [0.1, 0.15) is 83.8 Å². The summed E-state index contributed by atoms with van der Waals surface area (Å²) in [5.74, 6) is 0.869. The summed E-state index contributed by atoms with van der Waals surface area (Å²) in [6.45, 7) is 16.5. The van der Waals surface area contributed by atoms with E-state index in [2.05, 4.69) is 43.0 Å². The highest BCUT2D eigenvalue weighted by molar-refractivity contribution is 5.77. The second-order valence-corrected chi connectivity index (χ2v) is 8.79. The third-order valence-corrected chi connectivity index (χ3v) is 6.79. The van der Waals surface area contributed by atoms with E-state index in [1.165, 1.54) is 0 Å². The monoisotopic (exact) mass is 454 g/mol. The molecule has 1 amide bonds. The fraction of sp³-hybridized carbons (Fsp3) is 0.615. The van der Waals surface area contributed by atoms with Crippen molar-refractivity contribution in [2.24, 2.45) is 11.8 Å². The van der Waals surface area contributed by atoms with Crippen LogP contribution in [0.4, 0.5) is 5.69 Å². The number of anilines is 1. The van der Waals surface area contributed by atoms with Gasteiger partial charge in [-0.2, -0.15) is 0 Å². The molecule has 2 aromatic heterocycles. The minimum Gasteiger partial charge on any atom is -0.384 e. The highest BCUT2D eigenvalue weighted by atomic mass is 16.2. The number of amides is 1. The summed E-state index contributed by atoms with van der Waals surface area (Å²) < 4.78 is 2.05. The summed E-state index contributed by atoms with van der Waals surface area (Å²) in [5.41, 5.74) is 4.34. The van der Waals surface area contributed by atoms with Gasteiger partial charge in [0.2, 0.25) is 11.5 Å². The predicted molar refractivity (Wildman–Crippen MR) is 134 cm³/mol. The molecule has 0 radical (unpaired) electrons. The summed E-state index contributed by atoms with van der Waals surface area (Å²) in [4.78, 5) is 23.7. The molecule has 3 heterocycles. The van der Waals surface area contributed by atoms with Gasteiger partial charge in [0, 0.05) is 54.9 Å². The Labute approximate surface area is 199 Å². The molecule has 3 rings (SSSR count).